The van der Waals surface area contributed by atoms with Crippen LogP contribution >= 0.6 is 0 Å². The second-order valence-corrected chi connectivity index (χ2v) is 8.85. The van der Waals surface area contributed by atoms with Gasteiger partial charge in [0.1, 0.15) is 5.82 Å². The molecular formula is C25H28FN3O2. The Balaban J connectivity index is 1.31. The number of carbonyl (C=O) groups is 2. The van der Waals surface area contributed by atoms with Crippen LogP contribution in [0, 0.1) is 11.7 Å². The summed E-state index contributed by atoms with van der Waals surface area (Å²) in [6.45, 7) is 1.88. The molecule has 3 heterocycles. The van der Waals surface area contributed by atoms with Crippen molar-refractivity contribution in [2.45, 2.75) is 44.2 Å². The molecule has 162 valence electrons. The molecule has 5 rings (SSSR count). The highest BCUT2D eigenvalue weighted by atomic mass is 19.1. The molecule has 0 saturated carbocycles. The Morgan fingerprint density at radius 2 is 1.97 bits per heavy atom. The van der Waals surface area contributed by atoms with Crippen molar-refractivity contribution in [3.8, 4) is 0 Å². The van der Waals surface area contributed by atoms with Gasteiger partial charge in [-0.15, -0.1) is 0 Å². The van der Waals surface area contributed by atoms with Crippen LogP contribution in [0.4, 0.5) is 9.18 Å². The third-order valence-corrected chi connectivity index (χ3v) is 7.10. The fourth-order valence-corrected chi connectivity index (χ4v) is 5.59. The average molecular weight is 422 g/mol. The molecule has 0 aliphatic carbocycles. The Hall–Kier alpha value is -2.89. The summed E-state index contributed by atoms with van der Waals surface area (Å²) in [5.41, 5.74) is 3.21. The van der Waals surface area contributed by atoms with E-state index in [2.05, 4.69) is 17.4 Å². The summed E-state index contributed by atoms with van der Waals surface area (Å²) >= 11 is 0. The van der Waals surface area contributed by atoms with Crippen molar-refractivity contribution in [2.75, 3.05) is 19.6 Å². The summed E-state index contributed by atoms with van der Waals surface area (Å²) in [6.07, 6.45) is 3.87. The van der Waals surface area contributed by atoms with Gasteiger partial charge >= 0.3 is 6.03 Å². The summed E-state index contributed by atoms with van der Waals surface area (Å²) in [5, 5.41) is 3.06. The summed E-state index contributed by atoms with van der Waals surface area (Å²) in [7, 11) is 0. The Labute approximate surface area is 182 Å². The molecule has 2 saturated heterocycles. The van der Waals surface area contributed by atoms with Crippen LogP contribution in [0.15, 0.2) is 48.5 Å². The monoisotopic (exact) mass is 421 g/mol. The molecule has 3 amide bonds. The standard InChI is InChI=1S/C25H28FN3O2/c26-19-8-9-20-18(15-19)11-14-28-22(20)16-23-21(24(28)30)7-4-13-29(23)25(31)27-12-10-17-5-2-1-3-6-17/h1-3,5-6,8-9,15,21-23H,4,7,10-14,16H2,(H,27,31)/t21-,22-,23-/m1/s1. The number of rotatable bonds is 3. The van der Waals surface area contributed by atoms with Crippen LogP contribution in [0.1, 0.15) is 42.0 Å². The number of urea groups is 1. The number of hydrogen-bond acceptors (Lipinski definition) is 2. The summed E-state index contributed by atoms with van der Waals surface area (Å²) < 4.78 is 13.7. The lowest BCUT2D eigenvalue weighted by Gasteiger charge is -2.51. The lowest BCUT2D eigenvalue weighted by atomic mass is 9.76. The maximum Gasteiger partial charge on any atom is 0.317 e. The first kappa shape index (κ1) is 20.0. The first-order valence-corrected chi connectivity index (χ1v) is 11.3. The SMILES string of the molecule is O=C1[C@@H]2CCCN(C(=O)NCCc3ccccc3)[C@@H]2C[C@@H]2c3ccc(F)cc3CCN12. The molecule has 0 radical (unpaired) electrons. The van der Waals surface area contributed by atoms with E-state index in [9.17, 15) is 14.0 Å². The van der Waals surface area contributed by atoms with E-state index in [4.69, 9.17) is 0 Å². The van der Waals surface area contributed by atoms with Gasteiger partial charge < -0.3 is 15.1 Å². The minimum Gasteiger partial charge on any atom is -0.338 e. The third-order valence-electron chi connectivity index (χ3n) is 7.10. The zero-order valence-corrected chi connectivity index (χ0v) is 17.6. The van der Waals surface area contributed by atoms with E-state index < -0.39 is 0 Å². The van der Waals surface area contributed by atoms with Gasteiger partial charge in [0.05, 0.1) is 12.0 Å². The number of hydrogen-bond donors (Lipinski definition) is 1. The average Bonchev–Trinajstić information content (AvgIpc) is 2.79. The number of halogens is 1. The maximum absolute atomic E-state index is 13.7. The van der Waals surface area contributed by atoms with Gasteiger partial charge in [-0.3, -0.25) is 4.79 Å². The smallest absolute Gasteiger partial charge is 0.317 e. The zero-order valence-electron chi connectivity index (χ0n) is 17.6. The van der Waals surface area contributed by atoms with Gasteiger partial charge in [0.2, 0.25) is 5.91 Å². The van der Waals surface area contributed by atoms with E-state index in [1.165, 1.54) is 11.6 Å². The normalized spacial score (nSPS) is 24.8. The van der Waals surface area contributed by atoms with Crippen molar-refractivity contribution in [3.63, 3.8) is 0 Å². The van der Waals surface area contributed by atoms with Gasteiger partial charge in [-0.2, -0.15) is 0 Å². The molecule has 0 unspecified atom stereocenters. The Morgan fingerprint density at radius 3 is 2.81 bits per heavy atom. The van der Waals surface area contributed by atoms with Crippen LogP contribution in [0.25, 0.3) is 0 Å². The minimum absolute atomic E-state index is 0.0733. The van der Waals surface area contributed by atoms with Crippen LogP contribution in [-0.4, -0.2) is 47.4 Å². The number of nitrogens with zero attached hydrogens (tertiary/aromatic N) is 2. The molecule has 2 fully saturated rings. The Morgan fingerprint density at radius 1 is 1.13 bits per heavy atom. The van der Waals surface area contributed by atoms with Crippen LogP contribution in [0.2, 0.25) is 0 Å². The fourth-order valence-electron chi connectivity index (χ4n) is 5.59. The highest BCUT2D eigenvalue weighted by molar-refractivity contribution is 5.83. The second-order valence-electron chi connectivity index (χ2n) is 8.85. The lowest BCUT2D eigenvalue weighted by Crippen LogP contribution is -2.61. The van der Waals surface area contributed by atoms with E-state index in [1.54, 1.807) is 6.07 Å². The van der Waals surface area contributed by atoms with Crippen LogP contribution < -0.4 is 5.32 Å². The topological polar surface area (TPSA) is 52.7 Å². The molecule has 3 aliphatic heterocycles. The van der Waals surface area contributed by atoms with Gasteiger partial charge in [0.25, 0.3) is 0 Å². The van der Waals surface area contributed by atoms with Gasteiger partial charge in [-0.25, -0.2) is 9.18 Å². The maximum atomic E-state index is 13.7. The highest BCUT2D eigenvalue weighted by Gasteiger charge is 2.48. The van der Waals surface area contributed by atoms with E-state index in [1.807, 2.05) is 34.1 Å². The van der Waals surface area contributed by atoms with E-state index >= 15 is 0 Å². The minimum atomic E-state index is -0.232. The highest BCUT2D eigenvalue weighted by Crippen LogP contribution is 2.43. The number of carbonyl (C=O) groups excluding carboxylic acids is 2. The molecule has 5 nitrogen and oxygen atoms in total. The van der Waals surface area contributed by atoms with Crippen molar-refractivity contribution in [1.82, 2.24) is 15.1 Å². The lowest BCUT2D eigenvalue weighted by molar-refractivity contribution is -0.148. The zero-order chi connectivity index (χ0) is 21.4. The van der Waals surface area contributed by atoms with E-state index in [-0.39, 0.29) is 35.8 Å². The molecule has 0 aromatic heterocycles. The van der Waals surface area contributed by atoms with Crippen LogP contribution in [0.5, 0.6) is 0 Å². The van der Waals surface area contributed by atoms with Gasteiger partial charge in [0, 0.05) is 25.7 Å². The van der Waals surface area contributed by atoms with Crippen LogP contribution in [0.3, 0.4) is 0 Å². The molecule has 2 aromatic carbocycles. The first-order chi connectivity index (χ1) is 15.1. The van der Waals surface area contributed by atoms with Gasteiger partial charge in [0.15, 0.2) is 0 Å². The molecule has 0 bridgehead atoms. The summed E-state index contributed by atoms with van der Waals surface area (Å²) in [6, 6.07) is 14.7. The fraction of sp³-hybridized carbons (Fsp3) is 0.440. The number of fused-ring (bicyclic) bond motifs is 4. The number of benzene rings is 2. The molecule has 1 N–H and O–H groups in total. The molecule has 3 atom stereocenters. The van der Waals surface area contributed by atoms with Crippen molar-refractivity contribution >= 4 is 11.9 Å². The number of piperidine rings is 2. The summed E-state index contributed by atoms with van der Waals surface area (Å²) in [4.78, 5) is 30.2. The molecule has 2 aromatic rings. The number of amides is 3. The molecule has 31 heavy (non-hydrogen) atoms. The molecule has 6 heteroatoms. The quantitative estimate of drug-likeness (QED) is 0.822. The molecular weight excluding hydrogens is 393 g/mol. The Kier molecular flexibility index (Phi) is 5.38. The number of nitrogens with one attached hydrogen (secondary N) is 1. The third kappa shape index (κ3) is 3.80. The van der Waals surface area contributed by atoms with Crippen molar-refractivity contribution in [2.24, 2.45) is 5.92 Å². The predicted octanol–water partition coefficient (Wildman–Crippen LogP) is 3.69. The number of likely N-dealkylation sites (tertiary alicyclic amines) is 1. The summed E-state index contributed by atoms with van der Waals surface area (Å²) in [5.74, 6) is -0.214. The van der Waals surface area contributed by atoms with E-state index in [0.717, 1.165) is 36.8 Å². The van der Waals surface area contributed by atoms with Gasteiger partial charge in [-0.05, 0) is 60.9 Å². The molecule has 0 spiro atoms. The Bertz CT molecular complexity index is 980. The van der Waals surface area contributed by atoms with Crippen molar-refractivity contribution in [1.29, 1.82) is 0 Å². The largest absolute Gasteiger partial charge is 0.338 e. The van der Waals surface area contributed by atoms with Gasteiger partial charge in [-0.1, -0.05) is 36.4 Å². The van der Waals surface area contributed by atoms with Crippen molar-refractivity contribution < 1.29 is 14.0 Å². The van der Waals surface area contributed by atoms with Crippen LogP contribution in [-0.2, 0) is 17.6 Å². The van der Waals surface area contributed by atoms with Crippen molar-refractivity contribution in [3.05, 3.63) is 71.0 Å². The van der Waals surface area contributed by atoms with E-state index in [0.29, 0.717) is 26.1 Å². The predicted molar refractivity (Wildman–Crippen MR) is 116 cm³/mol. The first-order valence-electron chi connectivity index (χ1n) is 11.3. The molecule has 3 aliphatic rings. The second kappa shape index (κ2) is 8.33.